The third-order valence-corrected chi connectivity index (χ3v) is 3.98. The summed E-state index contributed by atoms with van der Waals surface area (Å²) in [5.74, 6) is 0.389. The lowest BCUT2D eigenvalue weighted by Gasteiger charge is -2.12. The highest BCUT2D eigenvalue weighted by molar-refractivity contribution is 7.92. The van der Waals surface area contributed by atoms with Crippen LogP contribution in [0.4, 0.5) is 5.69 Å². The Kier molecular flexibility index (Phi) is 4.62. The topological polar surface area (TPSA) is 66.4 Å². The summed E-state index contributed by atoms with van der Waals surface area (Å²) in [6, 6.07) is 3.44. The Bertz CT molecular complexity index is 521. The minimum absolute atomic E-state index is 0.00581. The van der Waals surface area contributed by atoms with Crippen LogP contribution in [0.2, 0.25) is 0 Å². The Morgan fingerprint density at radius 3 is 2.44 bits per heavy atom. The number of rotatable bonds is 5. The number of phenolic OH excluding ortho intramolecular Hbond substituents is 1. The standard InChI is InChI=1S/C13H21NO3S/c1-9(2)5-6-18(16,17)14-12-8-10(3)7-11(4)13(12)15/h7-9,14-15H,5-6H2,1-4H3. The van der Waals surface area contributed by atoms with Crippen LogP contribution < -0.4 is 4.72 Å². The van der Waals surface area contributed by atoms with E-state index in [1.54, 1.807) is 19.1 Å². The summed E-state index contributed by atoms with van der Waals surface area (Å²) in [7, 11) is -3.40. The maximum atomic E-state index is 11.9. The maximum absolute atomic E-state index is 11.9. The van der Waals surface area contributed by atoms with Gasteiger partial charge in [0.1, 0.15) is 5.75 Å². The molecule has 0 heterocycles. The molecule has 0 aliphatic rings. The van der Waals surface area contributed by atoms with Crippen LogP contribution in [0, 0.1) is 19.8 Å². The largest absolute Gasteiger partial charge is 0.505 e. The number of nitrogens with one attached hydrogen (secondary N) is 1. The summed E-state index contributed by atoms with van der Waals surface area (Å²) >= 11 is 0. The molecule has 18 heavy (non-hydrogen) atoms. The first kappa shape index (κ1) is 14.8. The van der Waals surface area contributed by atoms with E-state index in [1.807, 2.05) is 20.8 Å². The maximum Gasteiger partial charge on any atom is 0.232 e. The van der Waals surface area contributed by atoms with Crippen LogP contribution in [-0.4, -0.2) is 19.3 Å². The van der Waals surface area contributed by atoms with Crippen molar-refractivity contribution in [1.29, 1.82) is 0 Å². The van der Waals surface area contributed by atoms with Crippen molar-refractivity contribution in [3.8, 4) is 5.75 Å². The zero-order chi connectivity index (χ0) is 13.9. The number of benzene rings is 1. The normalized spacial score (nSPS) is 11.8. The third-order valence-electron chi connectivity index (χ3n) is 2.67. The molecule has 5 heteroatoms. The van der Waals surface area contributed by atoms with Gasteiger partial charge in [0.15, 0.2) is 0 Å². The van der Waals surface area contributed by atoms with Crippen molar-refractivity contribution in [1.82, 2.24) is 0 Å². The van der Waals surface area contributed by atoms with Gasteiger partial charge in [0.05, 0.1) is 11.4 Å². The Morgan fingerprint density at radius 1 is 1.28 bits per heavy atom. The van der Waals surface area contributed by atoms with Gasteiger partial charge in [-0.05, 0) is 43.4 Å². The molecule has 2 N–H and O–H groups in total. The van der Waals surface area contributed by atoms with Crippen molar-refractivity contribution in [2.75, 3.05) is 10.5 Å². The summed E-state index contributed by atoms with van der Waals surface area (Å²) in [5.41, 5.74) is 1.83. The molecular weight excluding hydrogens is 250 g/mol. The molecule has 0 atom stereocenters. The molecule has 1 aromatic carbocycles. The van der Waals surface area contributed by atoms with Crippen LogP contribution in [0.25, 0.3) is 0 Å². The number of aromatic hydroxyl groups is 1. The zero-order valence-corrected chi connectivity index (χ0v) is 12.1. The molecule has 102 valence electrons. The highest BCUT2D eigenvalue weighted by atomic mass is 32.2. The van der Waals surface area contributed by atoms with E-state index in [0.29, 0.717) is 17.9 Å². The average molecular weight is 271 g/mol. The van der Waals surface area contributed by atoms with Crippen molar-refractivity contribution >= 4 is 15.7 Å². The van der Waals surface area contributed by atoms with Crippen LogP contribution >= 0.6 is 0 Å². The zero-order valence-electron chi connectivity index (χ0n) is 11.3. The van der Waals surface area contributed by atoms with Crippen molar-refractivity contribution in [3.05, 3.63) is 23.3 Å². The molecule has 1 rings (SSSR count). The summed E-state index contributed by atoms with van der Waals surface area (Å²) in [5, 5.41) is 9.84. The predicted octanol–water partition coefficient (Wildman–Crippen LogP) is 2.80. The summed E-state index contributed by atoms with van der Waals surface area (Å²) in [6.45, 7) is 7.56. The molecule has 0 aliphatic heterocycles. The third kappa shape index (κ3) is 4.22. The van der Waals surface area contributed by atoms with Crippen LogP contribution in [0.1, 0.15) is 31.4 Å². The fourth-order valence-corrected chi connectivity index (χ4v) is 3.02. The van der Waals surface area contributed by atoms with Crippen LogP contribution in [0.3, 0.4) is 0 Å². The number of aryl methyl sites for hydroxylation is 2. The van der Waals surface area contributed by atoms with E-state index in [4.69, 9.17) is 0 Å². The first-order valence-corrected chi connectivity index (χ1v) is 7.67. The van der Waals surface area contributed by atoms with E-state index in [0.717, 1.165) is 5.56 Å². The fraction of sp³-hybridized carbons (Fsp3) is 0.538. The lowest BCUT2D eigenvalue weighted by atomic mass is 10.1. The van der Waals surface area contributed by atoms with Crippen LogP contribution in [0.15, 0.2) is 12.1 Å². The average Bonchev–Trinajstić information content (AvgIpc) is 2.22. The number of hydrogen-bond donors (Lipinski definition) is 2. The molecule has 0 spiro atoms. The molecule has 0 unspecified atom stereocenters. The lowest BCUT2D eigenvalue weighted by Crippen LogP contribution is -2.18. The van der Waals surface area contributed by atoms with Gasteiger partial charge >= 0.3 is 0 Å². The van der Waals surface area contributed by atoms with E-state index < -0.39 is 10.0 Å². The summed E-state index contributed by atoms with van der Waals surface area (Å²) in [6.07, 6.45) is 0.598. The van der Waals surface area contributed by atoms with E-state index >= 15 is 0 Å². The fourth-order valence-electron chi connectivity index (χ4n) is 1.65. The van der Waals surface area contributed by atoms with Gasteiger partial charge in [-0.15, -0.1) is 0 Å². The second kappa shape index (κ2) is 5.61. The van der Waals surface area contributed by atoms with Gasteiger partial charge in [0.25, 0.3) is 0 Å². The highest BCUT2D eigenvalue weighted by Crippen LogP contribution is 2.29. The minimum atomic E-state index is -3.40. The summed E-state index contributed by atoms with van der Waals surface area (Å²) < 4.78 is 26.2. The number of phenols is 1. The molecule has 0 radical (unpaired) electrons. The van der Waals surface area contributed by atoms with Crippen molar-refractivity contribution in [2.24, 2.45) is 5.92 Å². The Hall–Kier alpha value is -1.23. The van der Waals surface area contributed by atoms with Gasteiger partial charge in [-0.1, -0.05) is 19.9 Å². The Balaban J connectivity index is 2.91. The van der Waals surface area contributed by atoms with Crippen molar-refractivity contribution in [2.45, 2.75) is 34.1 Å². The van der Waals surface area contributed by atoms with Crippen LogP contribution in [0.5, 0.6) is 5.75 Å². The van der Waals surface area contributed by atoms with Gasteiger partial charge in [0.2, 0.25) is 10.0 Å². The molecule has 0 saturated carbocycles. The quantitative estimate of drug-likeness (QED) is 0.809. The predicted molar refractivity (Wildman–Crippen MR) is 74.4 cm³/mol. The number of sulfonamides is 1. The molecule has 0 fully saturated rings. The Labute approximate surface area is 109 Å². The molecule has 4 nitrogen and oxygen atoms in total. The Morgan fingerprint density at radius 2 is 1.89 bits per heavy atom. The van der Waals surface area contributed by atoms with Gasteiger partial charge in [-0.25, -0.2) is 8.42 Å². The molecule has 0 aromatic heterocycles. The van der Waals surface area contributed by atoms with E-state index in [9.17, 15) is 13.5 Å². The smallest absolute Gasteiger partial charge is 0.232 e. The second-order valence-electron chi connectivity index (χ2n) is 5.08. The van der Waals surface area contributed by atoms with Gasteiger partial charge in [0, 0.05) is 0 Å². The van der Waals surface area contributed by atoms with Crippen LogP contribution in [-0.2, 0) is 10.0 Å². The first-order valence-electron chi connectivity index (χ1n) is 6.02. The molecule has 1 aromatic rings. The molecule has 0 aliphatic carbocycles. The SMILES string of the molecule is Cc1cc(C)c(O)c(NS(=O)(=O)CCC(C)C)c1. The van der Waals surface area contributed by atoms with Crippen molar-refractivity contribution < 1.29 is 13.5 Å². The van der Waals surface area contributed by atoms with E-state index in [2.05, 4.69) is 4.72 Å². The number of hydrogen-bond acceptors (Lipinski definition) is 3. The lowest BCUT2D eigenvalue weighted by molar-refractivity contribution is 0.473. The van der Waals surface area contributed by atoms with E-state index in [-0.39, 0.29) is 17.2 Å². The monoisotopic (exact) mass is 271 g/mol. The van der Waals surface area contributed by atoms with Gasteiger partial charge in [-0.3, -0.25) is 4.72 Å². The van der Waals surface area contributed by atoms with E-state index in [1.165, 1.54) is 0 Å². The highest BCUT2D eigenvalue weighted by Gasteiger charge is 2.15. The number of anilines is 1. The minimum Gasteiger partial charge on any atom is -0.505 e. The van der Waals surface area contributed by atoms with Gasteiger partial charge < -0.3 is 5.11 Å². The molecule has 0 bridgehead atoms. The summed E-state index contributed by atoms with van der Waals surface area (Å²) in [4.78, 5) is 0. The molecular formula is C13H21NO3S. The second-order valence-corrected chi connectivity index (χ2v) is 6.92. The molecule has 0 amide bonds. The van der Waals surface area contributed by atoms with Crippen molar-refractivity contribution in [3.63, 3.8) is 0 Å². The van der Waals surface area contributed by atoms with Gasteiger partial charge in [-0.2, -0.15) is 0 Å². The molecule has 0 saturated heterocycles. The first-order chi connectivity index (χ1) is 8.21.